The Labute approximate surface area is 139 Å². The van der Waals surface area contributed by atoms with Crippen molar-refractivity contribution in [3.63, 3.8) is 0 Å². The smallest absolute Gasteiger partial charge is 0.410 e. The number of nitrogens with one attached hydrogen (secondary N) is 1. The largest absolute Gasteiger partial charge is 0.444 e. The topological polar surface area (TPSA) is 54.5 Å². The highest BCUT2D eigenvalue weighted by molar-refractivity contribution is 9.10. The van der Waals surface area contributed by atoms with E-state index in [2.05, 4.69) is 26.2 Å². The van der Waals surface area contributed by atoms with Gasteiger partial charge in [-0.05, 0) is 67.6 Å². The molecule has 3 atom stereocenters. The number of pyridine rings is 1. The van der Waals surface area contributed by atoms with Crippen LogP contribution in [0.2, 0.25) is 0 Å². The molecule has 6 heteroatoms. The van der Waals surface area contributed by atoms with Gasteiger partial charge in [0.1, 0.15) is 11.4 Å². The van der Waals surface area contributed by atoms with E-state index in [9.17, 15) is 4.79 Å². The molecule has 3 rings (SSSR count). The van der Waals surface area contributed by atoms with Crippen molar-refractivity contribution < 1.29 is 9.53 Å². The molecule has 0 spiro atoms. The first-order chi connectivity index (χ1) is 10.3. The average molecular weight is 368 g/mol. The van der Waals surface area contributed by atoms with E-state index in [1.807, 2.05) is 37.8 Å². The Kier molecular flexibility index (Phi) is 4.05. The van der Waals surface area contributed by atoms with Gasteiger partial charge in [-0.15, -0.1) is 0 Å². The molecule has 0 unspecified atom stereocenters. The van der Waals surface area contributed by atoms with Crippen molar-refractivity contribution in [1.29, 1.82) is 0 Å². The van der Waals surface area contributed by atoms with Crippen molar-refractivity contribution in [3.8, 4) is 0 Å². The summed E-state index contributed by atoms with van der Waals surface area (Å²) in [5, 5.41) is 3.47. The molecular weight excluding hydrogens is 346 g/mol. The van der Waals surface area contributed by atoms with Crippen LogP contribution in [0.5, 0.6) is 0 Å². The third kappa shape index (κ3) is 3.37. The molecule has 2 heterocycles. The van der Waals surface area contributed by atoms with Crippen LogP contribution in [0.15, 0.2) is 22.8 Å². The Balaban J connectivity index is 1.66. The summed E-state index contributed by atoms with van der Waals surface area (Å²) in [4.78, 5) is 18.6. The molecule has 1 N–H and O–H groups in total. The number of fused-ring (bicyclic) bond motifs is 2. The van der Waals surface area contributed by atoms with E-state index < -0.39 is 5.60 Å². The zero-order chi connectivity index (χ0) is 15.9. The molecule has 2 bridgehead atoms. The van der Waals surface area contributed by atoms with Crippen molar-refractivity contribution in [1.82, 2.24) is 9.88 Å². The SMILES string of the molecule is CC(C)(C)OC(=O)N1C[C@H]2C[C@@H](Nc3ccc(Br)cn3)[C@@H]1C2. The number of carbonyl (C=O) groups excluding carboxylic acids is 1. The Morgan fingerprint density at radius 2 is 2.18 bits per heavy atom. The van der Waals surface area contributed by atoms with Crippen molar-refractivity contribution in [2.24, 2.45) is 5.92 Å². The molecule has 1 aliphatic carbocycles. The molecule has 22 heavy (non-hydrogen) atoms. The lowest BCUT2D eigenvalue weighted by Crippen LogP contribution is -2.49. The molecule has 1 aromatic heterocycles. The van der Waals surface area contributed by atoms with Crippen LogP contribution in [0.4, 0.5) is 10.6 Å². The van der Waals surface area contributed by atoms with Crippen molar-refractivity contribution in [2.75, 3.05) is 11.9 Å². The quantitative estimate of drug-likeness (QED) is 0.866. The molecule has 0 radical (unpaired) electrons. The minimum atomic E-state index is -0.449. The number of likely N-dealkylation sites (tertiary alicyclic amines) is 1. The van der Waals surface area contributed by atoms with Crippen LogP contribution in [0, 0.1) is 5.92 Å². The first kappa shape index (κ1) is 15.6. The zero-order valence-corrected chi connectivity index (χ0v) is 14.8. The minimum absolute atomic E-state index is 0.199. The molecule has 1 amide bonds. The monoisotopic (exact) mass is 367 g/mol. The van der Waals surface area contributed by atoms with Gasteiger partial charge in [0, 0.05) is 23.3 Å². The van der Waals surface area contributed by atoms with Crippen LogP contribution in [0.1, 0.15) is 33.6 Å². The molecule has 120 valence electrons. The summed E-state index contributed by atoms with van der Waals surface area (Å²) in [6, 6.07) is 4.37. The van der Waals surface area contributed by atoms with Gasteiger partial charge in [-0.2, -0.15) is 0 Å². The molecule has 1 saturated heterocycles. The number of nitrogens with zero attached hydrogens (tertiary/aromatic N) is 2. The number of amides is 1. The highest BCUT2D eigenvalue weighted by atomic mass is 79.9. The van der Waals surface area contributed by atoms with Gasteiger partial charge in [-0.1, -0.05) is 0 Å². The highest BCUT2D eigenvalue weighted by Crippen LogP contribution is 2.39. The second-order valence-electron chi connectivity index (χ2n) is 7.15. The molecule has 1 aromatic rings. The predicted molar refractivity (Wildman–Crippen MR) is 88.8 cm³/mol. The fraction of sp³-hybridized carbons (Fsp3) is 0.625. The molecule has 1 aliphatic heterocycles. The number of carbonyl (C=O) groups is 1. The van der Waals surface area contributed by atoms with Crippen molar-refractivity contribution in [2.45, 2.75) is 51.3 Å². The molecule has 1 saturated carbocycles. The van der Waals surface area contributed by atoms with Crippen molar-refractivity contribution in [3.05, 3.63) is 22.8 Å². The molecular formula is C16H22BrN3O2. The second-order valence-corrected chi connectivity index (χ2v) is 8.07. The molecule has 2 aliphatic rings. The van der Waals surface area contributed by atoms with Gasteiger partial charge in [-0.25, -0.2) is 9.78 Å². The second kappa shape index (κ2) is 5.72. The standard InChI is InChI=1S/C16H22BrN3O2/c1-16(2,3)22-15(21)20-9-10-6-12(13(20)7-10)19-14-5-4-11(17)8-18-14/h4-5,8,10,12-13H,6-7,9H2,1-3H3,(H,18,19)/t10-,12+,13-/m0/s1. The van der Waals surface area contributed by atoms with Crippen LogP contribution in [0.3, 0.4) is 0 Å². The number of anilines is 1. The summed E-state index contributed by atoms with van der Waals surface area (Å²) in [6.45, 7) is 6.52. The Morgan fingerprint density at radius 3 is 2.77 bits per heavy atom. The van der Waals surface area contributed by atoms with Crippen molar-refractivity contribution >= 4 is 27.8 Å². The summed E-state index contributed by atoms with van der Waals surface area (Å²) >= 11 is 3.39. The molecule has 5 nitrogen and oxygen atoms in total. The van der Waals surface area contributed by atoms with Crippen LogP contribution < -0.4 is 5.32 Å². The van der Waals surface area contributed by atoms with E-state index >= 15 is 0 Å². The minimum Gasteiger partial charge on any atom is -0.444 e. The summed E-state index contributed by atoms with van der Waals surface area (Å²) in [6.07, 6.45) is 3.71. The fourth-order valence-corrected chi connectivity index (χ4v) is 3.60. The van der Waals surface area contributed by atoms with E-state index in [0.717, 1.165) is 29.7 Å². The first-order valence-corrected chi connectivity index (χ1v) is 8.49. The highest BCUT2D eigenvalue weighted by Gasteiger charge is 2.48. The number of hydrogen-bond donors (Lipinski definition) is 1. The first-order valence-electron chi connectivity index (χ1n) is 7.69. The van der Waals surface area contributed by atoms with Crippen LogP contribution in [-0.4, -0.2) is 40.2 Å². The number of rotatable bonds is 2. The Morgan fingerprint density at radius 1 is 1.41 bits per heavy atom. The fourth-order valence-electron chi connectivity index (χ4n) is 3.36. The van der Waals surface area contributed by atoms with Gasteiger partial charge in [0.2, 0.25) is 0 Å². The van der Waals surface area contributed by atoms with Gasteiger partial charge in [0.25, 0.3) is 0 Å². The van der Waals surface area contributed by atoms with Gasteiger partial charge in [-0.3, -0.25) is 0 Å². The third-order valence-electron chi connectivity index (χ3n) is 4.17. The van der Waals surface area contributed by atoms with Crippen LogP contribution in [-0.2, 0) is 4.74 Å². The lowest BCUT2D eigenvalue weighted by molar-refractivity contribution is 0.0179. The van der Waals surface area contributed by atoms with E-state index in [1.54, 1.807) is 6.20 Å². The normalized spacial score (nSPS) is 27.1. The summed E-state index contributed by atoms with van der Waals surface area (Å²) < 4.78 is 6.49. The average Bonchev–Trinajstić information content (AvgIpc) is 2.99. The maximum absolute atomic E-state index is 12.3. The van der Waals surface area contributed by atoms with Gasteiger partial charge >= 0.3 is 6.09 Å². The Hall–Kier alpha value is -1.30. The van der Waals surface area contributed by atoms with E-state index in [1.165, 1.54) is 0 Å². The van der Waals surface area contributed by atoms with E-state index in [4.69, 9.17) is 4.74 Å². The van der Waals surface area contributed by atoms with Gasteiger partial charge in [0.05, 0.1) is 6.04 Å². The number of ether oxygens (including phenoxy) is 1. The molecule has 0 aromatic carbocycles. The van der Waals surface area contributed by atoms with Crippen LogP contribution >= 0.6 is 15.9 Å². The third-order valence-corrected chi connectivity index (χ3v) is 4.64. The van der Waals surface area contributed by atoms with Gasteiger partial charge in [0.15, 0.2) is 0 Å². The predicted octanol–water partition coefficient (Wildman–Crippen LogP) is 3.65. The number of aromatic nitrogens is 1. The summed E-state index contributed by atoms with van der Waals surface area (Å²) in [7, 11) is 0. The summed E-state index contributed by atoms with van der Waals surface area (Å²) in [5.41, 5.74) is -0.449. The zero-order valence-electron chi connectivity index (χ0n) is 13.2. The molecule has 2 fully saturated rings. The number of hydrogen-bond acceptors (Lipinski definition) is 4. The maximum atomic E-state index is 12.3. The maximum Gasteiger partial charge on any atom is 0.410 e. The number of piperidine rings is 1. The lowest BCUT2D eigenvalue weighted by atomic mass is 10.1. The van der Waals surface area contributed by atoms with E-state index in [0.29, 0.717) is 5.92 Å². The lowest BCUT2D eigenvalue weighted by Gasteiger charge is -2.35. The van der Waals surface area contributed by atoms with Crippen LogP contribution in [0.25, 0.3) is 0 Å². The van der Waals surface area contributed by atoms with E-state index in [-0.39, 0.29) is 18.2 Å². The van der Waals surface area contributed by atoms with Gasteiger partial charge < -0.3 is 15.0 Å². The number of halogens is 1. The summed E-state index contributed by atoms with van der Waals surface area (Å²) in [5.74, 6) is 1.41. The Bertz CT molecular complexity index is 556.